The van der Waals surface area contributed by atoms with Crippen molar-refractivity contribution in [3.05, 3.63) is 0 Å². The molecule has 0 aromatic carbocycles. The lowest BCUT2D eigenvalue weighted by Crippen LogP contribution is -2.27. The van der Waals surface area contributed by atoms with E-state index in [4.69, 9.17) is 0 Å². The van der Waals surface area contributed by atoms with E-state index in [1.165, 1.54) is 18.0 Å². The lowest BCUT2D eigenvalue weighted by Gasteiger charge is -2.03. The molecule has 1 aliphatic heterocycles. The van der Waals surface area contributed by atoms with Crippen LogP contribution in [-0.2, 0) is 9.84 Å². The third-order valence-electron chi connectivity index (χ3n) is 1.07. The molecule has 1 rings (SSSR count). The summed E-state index contributed by atoms with van der Waals surface area (Å²) in [5.41, 5.74) is 0. The third-order valence-corrected chi connectivity index (χ3v) is 4.38. The van der Waals surface area contributed by atoms with Crippen molar-refractivity contribution in [3.63, 3.8) is 0 Å². The van der Waals surface area contributed by atoms with Gasteiger partial charge in [-0.15, -0.1) is 11.8 Å². The van der Waals surface area contributed by atoms with Crippen LogP contribution in [0.15, 0.2) is 0 Å². The molecule has 1 aliphatic rings. The topological polar surface area (TPSA) is 46.2 Å². The van der Waals surface area contributed by atoms with Gasteiger partial charge in [0.2, 0.25) is 0 Å². The molecular formula is C4H9NO2S2. The highest BCUT2D eigenvalue weighted by molar-refractivity contribution is 8.13. The molecule has 0 aromatic rings. The minimum absolute atomic E-state index is 0.350. The molecule has 9 heavy (non-hydrogen) atoms. The molecule has 0 radical (unpaired) electrons. The first kappa shape index (κ1) is 7.37. The number of rotatable bonds is 1. The zero-order chi connectivity index (χ0) is 6.91. The van der Waals surface area contributed by atoms with Crippen molar-refractivity contribution in [2.45, 2.75) is 4.71 Å². The maximum atomic E-state index is 10.8. The first-order chi connectivity index (χ1) is 4.11. The van der Waals surface area contributed by atoms with Crippen LogP contribution in [0.3, 0.4) is 0 Å². The van der Waals surface area contributed by atoms with Gasteiger partial charge in [0, 0.05) is 18.6 Å². The highest BCUT2D eigenvalue weighted by Crippen LogP contribution is 2.17. The average molecular weight is 167 g/mol. The number of thioether (sulfide) groups is 1. The first-order valence-electron chi connectivity index (χ1n) is 2.64. The summed E-state index contributed by atoms with van der Waals surface area (Å²) in [4.78, 5) is 0. The lowest BCUT2D eigenvalue weighted by atomic mass is 10.8. The van der Waals surface area contributed by atoms with E-state index in [1.807, 2.05) is 0 Å². The van der Waals surface area contributed by atoms with Crippen LogP contribution >= 0.6 is 11.8 Å². The minimum Gasteiger partial charge on any atom is -0.292 e. The van der Waals surface area contributed by atoms with Crippen molar-refractivity contribution < 1.29 is 8.42 Å². The Morgan fingerprint density at radius 1 is 1.67 bits per heavy atom. The monoisotopic (exact) mass is 167 g/mol. The van der Waals surface area contributed by atoms with E-state index in [0.29, 0.717) is 0 Å². The summed E-state index contributed by atoms with van der Waals surface area (Å²) in [6.07, 6.45) is 1.25. The van der Waals surface area contributed by atoms with E-state index < -0.39 is 9.84 Å². The third kappa shape index (κ3) is 1.84. The molecule has 54 valence electrons. The second-order valence-electron chi connectivity index (χ2n) is 1.99. The predicted molar refractivity (Wildman–Crippen MR) is 39.1 cm³/mol. The summed E-state index contributed by atoms with van der Waals surface area (Å²) in [6.45, 7) is 0.808. The molecule has 1 heterocycles. The largest absolute Gasteiger partial charge is 0.292 e. The average Bonchev–Trinajstić information content (AvgIpc) is 2.08. The molecular weight excluding hydrogens is 158 g/mol. The summed E-state index contributed by atoms with van der Waals surface area (Å²) in [7, 11) is -2.85. The van der Waals surface area contributed by atoms with Gasteiger partial charge < -0.3 is 0 Å². The van der Waals surface area contributed by atoms with Gasteiger partial charge in [-0.25, -0.2) is 8.42 Å². The Kier molecular flexibility index (Phi) is 2.03. The molecule has 0 spiro atoms. The van der Waals surface area contributed by atoms with E-state index in [1.54, 1.807) is 0 Å². The molecule has 0 amide bonds. The van der Waals surface area contributed by atoms with Crippen molar-refractivity contribution in [1.82, 2.24) is 5.32 Å². The molecule has 0 saturated carbocycles. The maximum absolute atomic E-state index is 10.8. The van der Waals surface area contributed by atoms with E-state index in [-0.39, 0.29) is 4.71 Å². The van der Waals surface area contributed by atoms with Gasteiger partial charge >= 0.3 is 0 Å². The Labute approximate surface area is 59.1 Å². The van der Waals surface area contributed by atoms with E-state index in [0.717, 1.165) is 12.3 Å². The highest BCUT2D eigenvalue weighted by atomic mass is 32.3. The molecule has 0 aromatic heterocycles. The van der Waals surface area contributed by atoms with E-state index in [9.17, 15) is 8.42 Å². The van der Waals surface area contributed by atoms with Crippen LogP contribution in [0, 0.1) is 0 Å². The zero-order valence-electron chi connectivity index (χ0n) is 5.12. The number of hydrogen-bond donors (Lipinski definition) is 1. The van der Waals surface area contributed by atoms with Gasteiger partial charge in [0.15, 0.2) is 14.5 Å². The fourth-order valence-corrected chi connectivity index (χ4v) is 3.06. The SMILES string of the molecule is CS(=O)(=O)C1NCCS1. The van der Waals surface area contributed by atoms with Crippen LogP contribution in [0.4, 0.5) is 0 Å². The molecule has 3 nitrogen and oxygen atoms in total. The number of hydrogen-bond acceptors (Lipinski definition) is 4. The molecule has 0 bridgehead atoms. The minimum atomic E-state index is -2.85. The Balaban J connectivity index is 2.63. The molecule has 0 aliphatic carbocycles. The Bertz CT molecular complexity index is 181. The zero-order valence-corrected chi connectivity index (χ0v) is 6.76. The van der Waals surface area contributed by atoms with Crippen LogP contribution in [0.5, 0.6) is 0 Å². The fraction of sp³-hybridized carbons (Fsp3) is 1.00. The standard InChI is InChI=1S/C4H9NO2S2/c1-9(6,7)4-5-2-3-8-4/h4-5H,2-3H2,1H3. The van der Waals surface area contributed by atoms with Gasteiger partial charge in [0.1, 0.15) is 0 Å². The molecule has 1 unspecified atom stereocenters. The normalized spacial score (nSPS) is 28.8. The number of sulfone groups is 1. The summed E-state index contributed by atoms with van der Waals surface area (Å²) >= 11 is 1.45. The van der Waals surface area contributed by atoms with E-state index >= 15 is 0 Å². The second-order valence-corrected chi connectivity index (χ2v) is 5.63. The van der Waals surface area contributed by atoms with Crippen LogP contribution in [0.1, 0.15) is 0 Å². The van der Waals surface area contributed by atoms with Crippen LogP contribution in [0.25, 0.3) is 0 Å². The summed E-state index contributed by atoms with van der Waals surface area (Å²) in [5.74, 6) is 0.901. The molecule has 1 N–H and O–H groups in total. The predicted octanol–water partition coefficient (Wildman–Crippen LogP) is -0.349. The van der Waals surface area contributed by atoms with Gasteiger partial charge in [-0.1, -0.05) is 0 Å². The van der Waals surface area contributed by atoms with Gasteiger partial charge in [-0.05, 0) is 0 Å². The summed E-state index contributed by atoms with van der Waals surface area (Å²) in [5, 5.41) is 2.87. The quantitative estimate of drug-likeness (QED) is 0.580. The van der Waals surface area contributed by atoms with Crippen LogP contribution in [-0.4, -0.2) is 31.7 Å². The van der Waals surface area contributed by atoms with Crippen LogP contribution in [0.2, 0.25) is 0 Å². The highest BCUT2D eigenvalue weighted by Gasteiger charge is 2.23. The van der Waals surface area contributed by atoms with E-state index in [2.05, 4.69) is 5.32 Å². The fourth-order valence-electron chi connectivity index (χ4n) is 0.677. The van der Waals surface area contributed by atoms with Gasteiger partial charge in [-0.2, -0.15) is 0 Å². The smallest absolute Gasteiger partial charge is 0.172 e. The van der Waals surface area contributed by atoms with Crippen molar-refractivity contribution in [1.29, 1.82) is 0 Å². The first-order valence-corrected chi connectivity index (χ1v) is 5.65. The van der Waals surface area contributed by atoms with Gasteiger partial charge in [0.25, 0.3) is 0 Å². The number of nitrogens with one attached hydrogen (secondary N) is 1. The van der Waals surface area contributed by atoms with Gasteiger partial charge in [-0.3, -0.25) is 5.32 Å². The Morgan fingerprint density at radius 2 is 2.33 bits per heavy atom. The molecule has 5 heteroatoms. The van der Waals surface area contributed by atoms with Crippen LogP contribution < -0.4 is 5.32 Å². The second kappa shape index (κ2) is 2.48. The molecule has 1 saturated heterocycles. The molecule has 1 fully saturated rings. The summed E-state index contributed by atoms with van der Waals surface area (Å²) in [6, 6.07) is 0. The van der Waals surface area contributed by atoms with Crippen molar-refractivity contribution >= 4 is 21.6 Å². The summed E-state index contributed by atoms with van der Waals surface area (Å²) < 4.78 is 21.2. The van der Waals surface area contributed by atoms with Crippen molar-refractivity contribution in [2.24, 2.45) is 0 Å². The Morgan fingerprint density at radius 3 is 2.56 bits per heavy atom. The molecule has 1 atom stereocenters. The Hall–Kier alpha value is 0.260. The maximum Gasteiger partial charge on any atom is 0.172 e. The lowest BCUT2D eigenvalue weighted by molar-refractivity contribution is 0.592. The van der Waals surface area contributed by atoms with Crippen molar-refractivity contribution in [3.8, 4) is 0 Å². The van der Waals surface area contributed by atoms with Gasteiger partial charge in [0.05, 0.1) is 0 Å². The van der Waals surface area contributed by atoms with Crippen molar-refractivity contribution in [2.75, 3.05) is 18.6 Å².